The maximum absolute atomic E-state index is 13.3. The van der Waals surface area contributed by atoms with Gasteiger partial charge in [-0.1, -0.05) is 25.7 Å². The van der Waals surface area contributed by atoms with Crippen molar-refractivity contribution < 1.29 is 33.7 Å². The first kappa shape index (κ1) is 24.9. The number of benzene rings is 1. The molecule has 5 rings (SSSR count). The van der Waals surface area contributed by atoms with Gasteiger partial charge in [-0.3, -0.25) is 19.3 Å². The number of hydrogen-bond acceptors (Lipinski definition) is 8. The topological polar surface area (TPSA) is 102 Å². The van der Waals surface area contributed by atoms with Gasteiger partial charge in [-0.15, -0.1) is 0 Å². The third-order valence-corrected chi connectivity index (χ3v) is 8.85. The average molecular weight is 490 g/mol. The molecule has 1 aromatic carbocycles. The maximum Gasteiger partial charge on any atom is 0.310 e. The predicted octanol–water partition coefficient (Wildman–Crippen LogP) is 2.54. The lowest BCUT2D eigenvalue weighted by Crippen LogP contribution is -2.51. The Hall–Kier alpha value is -2.23. The van der Waals surface area contributed by atoms with Crippen LogP contribution >= 0.6 is 0 Å². The van der Waals surface area contributed by atoms with E-state index in [-0.39, 0.29) is 24.6 Å². The summed E-state index contributed by atoms with van der Waals surface area (Å²) in [6, 6.07) is 5.70. The fourth-order valence-electron chi connectivity index (χ4n) is 5.31. The lowest BCUT2D eigenvalue weighted by Gasteiger charge is -2.46. The standard InChI is InChI=1S/C25H35NO7Si/c1-34(2,3)13-12-33-24(29)22-19-15-20(28)21(18-14-16(27)4-5-17(18)19)23(22)25(30)32-11-8-26-6-9-31-10-7-26/h4-5,14,19,21-23,27H,6-13,15H2,1-3H3. The molecule has 4 atom stereocenters. The molecule has 4 unspecified atom stereocenters. The predicted molar refractivity (Wildman–Crippen MR) is 128 cm³/mol. The van der Waals surface area contributed by atoms with E-state index in [9.17, 15) is 19.5 Å². The summed E-state index contributed by atoms with van der Waals surface area (Å²) in [7, 11) is -1.40. The van der Waals surface area contributed by atoms with E-state index in [1.807, 2.05) is 0 Å². The number of ketones is 1. The first-order valence-corrected chi connectivity index (χ1v) is 15.9. The molecule has 1 aliphatic heterocycles. The first-order chi connectivity index (χ1) is 16.2. The van der Waals surface area contributed by atoms with Crippen LogP contribution in [0.5, 0.6) is 5.75 Å². The van der Waals surface area contributed by atoms with Crippen LogP contribution in [0.25, 0.3) is 0 Å². The first-order valence-electron chi connectivity index (χ1n) is 12.1. The van der Waals surface area contributed by atoms with Crippen molar-refractivity contribution in [3.8, 4) is 5.75 Å². The van der Waals surface area contributed by atoms with E-state index >= 15 is 0 Å². The summed E-state index contributed by atoms with van der Waals surface area (Å²) in [5, 5.41) is 10.0. The molecule has 2 fully saturated rings. The van der Waals surface area contributed by atoms with Crippen LogP contribution in [0.1, 0.15) is 29.4 Å². The normalized spacial score (nSPS) is 26.7. The van der Waals surface area contributed by atoms with E-state index in [1.54, 1.807) is 18.2 Å². The van der Waals surface area contributed by atoms with Crippen LogP contribution < -0.4 is 0 Å². The SMILES string of the molecule is C[Si](C)(C)CCOC(=O)C1C2CC(=O)C(c3cc(O)ccc32)C1C(=O)OCCN1CCOCC1. The van der Waals surface area contributed by atoms with Crippen molar-refractivity contribution in [1.29, 1.82) is 0 Å². The summed E-state index contributed by atoms with van der Waals surface area (Å²) < 4.78 is 16.6. The summed E-state index contributed by atoms with van der Waals surface area (Å²) in [5.41, 5.74) is 1.47. The third-order valence-electron chi connectivity index (χ3n) is 7.15. The number of nitrogens with zero attached hydrogens (tertiary/aromatic N) is 1. The lowest BCUT2D eigenvalue weighted by atomic mass is 9.55. The van der Waals surface area contributed by atoms with Gasteiger partial charge in [0.25, 0.3) is 0 Å². The molecule has 1 heterocycles. The highest BCUT2D eigenvalue weighted by Crippen LogP contribution is 2.55. The van der Waals surface area contributed by atoms with Crippen LogP contribution in [0.15, 0.2) is 18.2 Å². The molecule has 1 N–H and O–H groups in total. The number of carbonyl (C=O) groups excluding carboxylic acids is 3. The summed E-state index contributed by atoms with van der Waals surface area (Å²) in [4.78, 5) is 41.8. The number of fused-ring (bicyclic) bond motifs is 2. The van der Waals surface area contributed by atoms with E-state index < -0.39 is 43.7 Å². The molecule has 186 valence electrons. The quantitative estimate of drug-likeness (QED) is 0.439. The Morgan fingerprint density at radius 1 is 1.06 bits per heavy atom. The molecule has 2 bridgehead atoms. The van der Waals surface area contributed by atoms with Crippen molar-refractivity contribution in [2.75, 3.05) is 46.1 Å². The van der Waals surface area contributed by atoms with Gasteiger partial charge in [0.15, 0.2) is 0 Å². The van der Waals surface area contributed by atoms with Crippen molar-refractivity contribution >= 4 is 25.8 Å². The van der Waals surface area contributed by atoms with Crippen LogP contribution in [0.2, 0.25) is 25.7 Å². The fraction of sp³-hybridized carbons (Fsp3) is 0.640. The Bertz CT molecular complexity index is 938. The molecule has 4 aliphatic rings. The molecule has 0 aromatic heterocycles. The smallest absolute Gasteiger partial charge is 0.310 e. The molecular formula is C25H35NO7Si. The summed E-state index contributed by atoms with van der Waals surface area (Å²) in [6.07, 6.45) is 0.188. The molecule has 34 heavy (non-hydrogen) atoms. The van der Waals surface area contributed by atoms with Gasteiger partial charge in [0.1, 0.15) is 18.1 Å². The number of carbonyl (C=O) groups is 3. The van der Waals surface area contributed by atoms with Crippen LogP contribution in [0, 0.1) is 11.8 Å². The van der Waals surface area contributed by atoms with Crippen molar-refractivity contribution in [2.45, 2.75) is 43.9 Å². The zero-order valence-electron chi connectivity index (χ0n) is 20.2. The number of esters is 2. The molecule has 1 aromatic rings. The number of hydrogen-bond donors (Lipinski definition) is 1. The number of Topliss-reactive ketones (excluding diaryl/α,β-unsaturated/α-hetero) is 1. The molecule has 0 amide bonds. The van der Waals surface area contributed by atoms with E-state index in [4.69, 9.17) is 14.2 Å². The van der Waals surface area contributed by atoms with Crippen molar-refractivity contribution in [2.24, 2.45) is 11.8 Å². The van der Waals surface area contributed by atoms with Crippen LogP contribution in [-0.2, 0) is 28.6 Å². The second kappa shape index (κ2) is 10.2. The number of rotatable bonds is 8. The van der Waals surface area contributed by atoms with E-state index in [1.165, 1.54) is 0 Å². The molecule has 9 heteroatoms. The van der Waals surface area contributed by atoms with Crippen molar-refractivity contribution in [1.82, 2.24) is 4.90 Å². The molecule has 1 saturated carbocycles. The van der Waals surface area contributed by atoms with Gasteiger partial charge in [-0.05, 0) is 29.3 Å². The minimum Gasteiger partial charge on any atom is -0.508 e. The van der Waals surface area contributed by atoms with E-state index in [2.05, 4.69) is 24.5 Å². The highest BCUT2D eigenvalue weighted by atomic mass is 28.3. The van der Waals surface area contributed by atoms with Gasteiger partial charge >= 0.3 is 11.9 Å². The van der Waals surface area contributed by atoms with Crippen LogP contribution in [0.4, 0.5) is 0 Å². The molecule has 0 radical (unpaired) electrons. The van der Waals surface area contributed by atoms with Crippen molar-refractivity contribution in [3.05, 3.63) is 29.3 Å². The number of aromatic hydroxyl groups is 1. The number of ether oxygens (including phenoxy) is 3. The summed E-state index contributed by atoms with van der Waals surface area (Å²) in [6.45, 7) is 10.6. The average Bonchev–Trinajstić information content (AvgIpc) is 2.78. The molecule has 8 nitrogen and oxygen atoms in total. The van der Waals surface area contributed by atoms with Crippen LogP contribution in [0.3, 0.4) is 0 Å². The Labute approximate surface area is 201 Å². The highest BCUT2D eigenvalue weighted by Gasteiger charge is 2.57. The Balaban J connectivity index is 1.54. The van der Waals surface area contributed by atoms with Gasteiger partial charge in [0.05, 0.1) is 37.6 Å². The van der Waals surface area contributed by atoms with Crippen molar-refractivity contribution in [3.63, 3.8) is 0 Å². The number of morpholine rings is 1. The zero-order valence-corrected chi connectivity index (χ0v) is 21.2. The van der Waals surface area contributed by atoms with E-state index in [0.29, 0.717) is 31.9 Å². The summed E-state index contributed by atoms with van der Waals surface area (Å²) >= 11 is 0. The third kappa shape index (κ3) is 5.36. The van der Waals surface area contributed by atoms with Gasteiger partial charge in [-0.25, -0.2) is 0 Å². The minimum atomic E-state index is -1.40. The largest absolute Gasteiger partial charge is 0.508 e. The van der Waals surface area contributed by atoms with Crippen LogP contribution in [-0.4, -0.2) is 81.9 Å². The molecule has 1 saturated heterocycles. The molecule has 3 aliphatic carbocycles. The highest BCUT2D eigenvalue weighted by molar-refractivity contribution is 6.76. The Kier molecular flexibility index (Phi) is 7.44. The Morgan fingerprint density at radius 2 is 1.74 bits per heavy atom. The van der Waals surface area contributed by atoms with E-state index in [0.717, 1.165) is 24.7 Å². The minimum absolute atomic E-state index is 0.0350. The molecule has 0 spiro atoms. The lowest BCUT2D eigenvalue weighted by molar-refractivity contribution is -0.167. The monoisotopic (exact) mass is 489 g/mol. The number of phenolic OH excluding ortho intramolecular Hbond substituents is 1. The fourth-order valence-corrected chi connectivity index (χ4v) is 6.03. The van der Waals surface area contributed by atoms with Gasteiger partial charge in [0, 0.05) is 40.0 Å². The van der Waals surface area contributed by atoms with Gasteiger partial charge < -0.3 is 19.3 Å². The number of phenols is 1. The second-order valence-electron chi connectivity index (χ2n) is 10.7. The van der Waals surface area contributed by atoms with Gasteiger partial charge in [0.2, 0.25) is 0 Å². The zero-order chi connectivity index (χ0) is 24.5. The second-order valence-corrected chi connectivity index (χ2v) is 16.3. The maximum atomic E-state index is 13.3. The van der Waals surface area contributed by atoms with Gasteiger partial charge in [-0.2, -0.15) is 0 Å². The molecular weight excluding hydrogens is 454 g/mol. The summed E-state index contributed by atoms with van der Waals surface area (Å²) in [5.74, 6) is -4.01. The Morgan fingerprint density at radius 3 is 2.44 bits per heavy atom.